The number of rotatable bonds is 7. The number of benzene rings is 2. The van der Waals surface area contributed by atoms with E-state index in [2.05, 4.69) is 21.1 Å². The van der Waals surface area contributed by atoms with Gasteiger partial charge in [0, 0.05) is 23.3 Å². The van der Waals surface area contributed by atoms with Crippen molar-refractivity contribution in [3.05, 3.63) is 107 Å². The van der Waals surface area contributed by atoms with Crippen LogP contribution >= 0.6 is 12.2 Å². The highest BCUT2D eigenvalue weighted by Crippen LogP contribution is 2.44. The van der Waals surface area contributed by atoms with Crippen LogP contribution in [0.25, 0.3) is 5.69 Å². The van der Waals surface area contributed by atoms with E-state index in [0.717, 1.165) is 40.2 Å². The zero-order chi connectivity index (χ0) is 28.8. The molecule has 4 aromatic rings. The average Bonchev–Trinajstić information content (AvgIpc) is 3.39. The van der Waals surface area contributed by atoms with Crippen LogP contribution in [0.3, 0.4) is 0 Å². The molecule has 0 radical (unpaired) electrons. The molecule has 1 aliphatic heterocycles. The summed E-state index contributed by atoms with van der Waals surface area (Å²) in [6.07, 6.45) is 2.85. The van der Waals surface area contributed by atoms with Gasteiger partial charge in [-0.25, -0.2) is 13.2 Å². The van der Waals surface area contributed by atoms with Crippen molar-refractivity contribution in [1.82, 2.24) is 14.9 Å². The van der Waals surface area contributed by atoms with E-state index in [1.54, 1.807) is 30.5 Å². The highest BCUT2D eigenvalue weighted by molar-refractivity contribution is 7.92. The Kier molecular flexibility index (Phi) is 7.11. The Bertz CT molecular complexity index is 1730. The summed E-state index contributed by atoms with van der Waals surface area (Å²) in [7, 11) is -3.44. The van der Waals surface area contributed by atoms with Crippen LogP contribution in [0.5, 0.6) is 0 Å². The van der Waals surface area contributed by atoms with Crippen LogP contribution in [0, 0.1) is 20.8 Å². The summed E-state index contributed by atoms with van der Waals surface area (Å²) in [6, 6.07) is 19.6. The number of carboxylic acids is 1. The van der Waals surface area contributed by atoms with E-state index in [1.165, 1.54) is 0 Å². The lowest BCUT2D eigenvalue weighted by Gasteiger charge is -2.29. The van der Waals surface area contributed by atoms with Gasteiger partial charge in [0.1, 0.15) is 0 Å². The number of hydrogen-bond acceptors (Lipinski definition) is 5. The molecule has 0 spiro atoms. The van der Waals surface area contributed by atoms with Crippen LogP contribution in [0.2, 0.25) is 0 Å². The number of nitrogens with one attached hydrogen (secondary N) is 2. The molecule has 0 bridgehead atoms. The van der Waals surface area contributed by atoms with Crippen LogP contribution < -0.4 is 14.9 Å². The summed E-state index contributed by atoms with van der Waals surface area (Å²) in [5, 5.41) is 13.8. The Morgan fingerprint density at radius 1 is 1.05 bits per heavy atom. The molecule has 5 rings (SSSR count). The topological polar surface area (TPSA) is 117 Å². The lowest BCUT2D eigenvalue weighted by molar-refractivity contribution is 0.0697. The second-order valence-electron chi connectivity index (χ2n) is 9.85. The van der Waals surface area contributed by atoms with Crippen molar-refractivity contribution in [2.24, 2.45) is 0 Å². The molecule has 206 valence electrons. The van der Waals surface area contributed by atoms with E-state index >= 15 is 0 Å². The highest BCUT2D eigenvalue weighted by atomic mass is 32.2. The molecule has 0 amide bonds. The Morgan fingerprint density at radius 3 is 2.42 bits per heavy atom. The Hall–Kier alpha value is -4.22. The number of carbonyl (C=O) groups is 1. The van der Waals surface area contributed by atoms with Gasteiger partial charge in [-0.15, -0.1) is 0 Å². The van der Waals surface area contributed by atoms with Gasteiger partial charge in [0.2, 0.25) is 10.0 Å². The normalized spacial score (nSPS) is 17.1. The quantitative estimate of drug-likeness (QED) is 0.262. The molecule has 2 atom stereocenters. The molecule has 1 saturated heterocycles. The Labute approximate surface area is 238 Å². The Balaban J connectivity index is 1.68. The number of sulfonamides is 1. The van der Waals surface area contributed by atoms with Crippen LogP contribution in [-0.2, 0) is 10.0 Å². The smallest absolute Gasteiger partial charge is 0.337 e. The number of nitrogens with zero attached hydrogens (tertiary/aromatic N) is 3. The fraction of sp³-hybridized carbons (Fsp3) is 0.207. The fourth-order valence-electron chi connectivity index (χ4n) is 5.37. The van der Waals surface area contributed by atoms with E-state index in [0.29, 0.717) is 16.5 Å². The average molecular weight is 576 g/mol. The first-order valence-corrected chi connectivity index (χ1v) is 14.9. The third kappa shape index (κ3) is 5.05. The van der Waals surface area contributed by atoms with Crippen molar-refractivity contribution in [3.63, 3.8) is 0 Å². The van der Waals surface area contributed by atoms with Crippen molar-refractivity contribution in [2.75, 3.05) is 15.9 Å². The third-order valence-electron chi connectivity index (χ3n) is 7.05. The van der Waals surface area contributed by atoms with Gasteiger partial charge < -0.3 is 19.9 Å². The zero-order valence-corrected chi connectivity index (χ0v) is 24.0. The molecule has 0 saturated carbocycles. The number of anilines is 2. The summed E-state index contributed by atoms with van der Waals surface area (Å²) < 4.78 is 28.2. The number of aromatic carboxylic acids is 1. The predicted octanol–water partition coefficient (Wildman–Crippen LogP) is 5.04. The number of carboxylic acid groups (broad SMARTS) is 1. The molecule has 9 nitrogen and oxygen atoms in total. The fourth-order valence-corrected chi connectivity index (χ4v) is 6.34. The van der Waals surface area contributed by atoms with Crippen LogP contribution in [0.1, 0.15) is 50.7 Å². The summed E-state index contributed by atoms with van der Waals surface area (Å²) in [5.41, 5.74) is 6.32. The summed E-state index contributed by atoms with van der Waals surface area (Å²) in [4.78, 5) is 18.7. The maximum atomic E-state index is 12.0. The minimum absolute atomic E-state index is 0.207. The first kappa shape index (κ1) is 27.4. The number of thiocarbonyl (C=S) groups is 1. The molecule has 2 aromatic heterocycles. The van der Waals surface area contributed by atoms with Gasteiger partial charge in [0.05, 0.1) is 41.0 Å². The van der Waals surface area contributed by atoms with Gasteiger partial charge in [-0.05, 0) is 92.6 Å². The Morgan fingerprint density at radius 2 is 1.77 bits per heavy atom. The van der Waals surface area contributed by atoms with Gasteiger partial charge in [-0.1, -0.05) is 18.2 Å². The molecule has 1 fully saturated rings. The minimum atomic E-state index is -3.44. The monoisotopic (exact) mass is 575 g/mol. The van der Waals surface area contributed by atoms with Crippen molar-refractivity contribution in [2.45, 2.75) is 32.9 Å². The molecule has 2 aromatic carbocycles. The number of aryl methyl sites for hydroxylation is 2. The van der Waals surface area contributed by atoms with Crippen LogP contribution in [0.15, 0.2) is 72.9 Å². The number of para-hydroxylation sites is 1. The van der Waals surface area contributed by atoms with Crippen molar-refractivity contribution < 1.29 is 18.3 Å². The summed E-state index contributed by atoms with van der Waals surface area (Å²) >= 11 is 5.86. The zero-order valence-electron chi connectivity index (χ0n) is 22.4. The van der Waals surface area contributed by atoms with Crippen molar-refractivity contribution in [3.8, 4) is 5.69 Å². The van der Waals surface area contributed by atoms with Gasteiger partial charge in [0.15, 0.2) is 5.11 Å². The molecule has 40 heavy (non-hydrogen) atoms. The number of aromatic nitrogens is 2. The summed E-state index contributed by atoms with van der Waals surface area (Å²) in [5.74, 6) is -1.00. The standard InChI is InChI=1S/C29H29N5O4S2/c1-17-15-20(12-13-23(17)32-40(4,37)38)34-27(26(31-29(34)39)24-10-7-8-14-30-24)22-16-18(2)33(19(22)3)25-11-6-5-9-21(25)28(35)36/h5-16,26-27,32H,1-4H3,(H,31,39)(H,35,36)/t26-,27-/m1/s1. The second kappa shape index (κ2) is 10.4. The lowest BCUT2D eigenvalue weighted by atomic mass is 9.96. The van der Waals surface area contributed by atoms with Gasteiger partial charge in [-0.3, -0.25) is 9.71 Å². The molecule has 3 heterocycles. The maximum Gasteiger partial charge on any atom is 0.337 e. The van der Waals surface area contributed by atoms with Crippen molar-refractivity contribution in [1.29, 1.82) is 0 Å². The maximum absolute atomic E-state index is 12.0. The lowest BCUT2D eigenvalue weighted by Crippen LogP contribution is -2.29. The van der Waals surface area contributed by atoms with Crippen LogP contribution in [-0.4, -0.2) is 40.4 Å². The van der Waals surface area contributed by atoms with Gasteiger partial charge >= 0.3 is 5.97 Å². The molecular formula is C29H29N5O4S2. The first-order chi connectivity index (χ1) is 19.0. The predicted molar refractivity (Wildman–Crippen MR) is 160 cm³/mol. The molecule has 11 heteroatoms. The third-order valence-corrected chi connectivity index (χ3v) is 7.95. The highest BCUT2D eigenvalue weighted by Gasteiger charge is 2.42. The molecular weight excluding hydrogens is 546 g/mol. The molecule has 1 aliphatic rings. The van der Waals surface area contributed by atoms with E-state index in [-0.39, 0.29) is 17.6 Å². The number of hydrogen-bond donors (Lipinski definition) is 3. The van der Waals surface area contributed by atoms with Crippen LogP contribution in [0.4, 0.5) is 11.4 Å². The van der Waals surface area contributed by atoms with E-state index in [1.807, 2.05) is 66.6 Å². The summed E-state index contributed by atoms with van der Waals surface area (Å²) in [6.45, 7) is 5.76. The largest absolute Gasteiger partial charge is 0.478 e. The van der Waals surface area contributed by atoms with Gasteiger partial charge in [0.25, 0.3) is 0 Å². The van der Waals surface area contributed by atoms with E-state index in [4.69, 9.17) is 12.2 Å². The molecule has 0 aliphatic carbocycles. The number of pyridine rings is 1. The van der Waals surface area contributed by atoms with Gasteiger partial charge in [-0.2, -0.15) is 0 Å². The minimum Gasteiger partial charge on any atom is -0.478 e. The van der Waals surface area contributed by atoms with E-state index < -0.39 is 16.0 Å². The molecule has 3 N–H and O–H groups in total. The van der Waals surface area contributed by atoms with E-state index in [9.17, 15) is 18.3 Å². The first-order valence-electron chi connectivity index (χ1n) is 12.6. The second-order valence-corrected chi connectivity index (χ2v) is 12.0. The molecule has 0 unspecified atom stereocenters. The SMILES string of the molecule is Cc1cc(N2C(=S)N[C@H](c3ccccn3)[C@H]2c2cc(C)n(-c3ccccc3C(=O)O)c2C)ccc1NS(C)(=O)=O. The van der Waals surface area contributed by atoms with Crippen molar-refractivity contribution >= 4 is 44.7 Å².